The topological polar surface area (TPSA) is 47.6 Å². The van der Waals surface area contributed by atoms with Crippen LogP contribution in [0.15, 0.2) is 48.5 Å². The largest absolute Gasteiger partial charge is 0.491 e. The highest BCUT2D eigenvalue weighted by Gasteiger charge is 2.18. The molecule has 0 unspecified atom stereocenters. The highest BCUT2D eigenvalue weighted by molar-refractivity contribution is 5.94. The Morgan fingerprint density at radius 2 is 1.75 bits per heavy atom. The summed E-state index contributed by atoms with van der Waals surface area (Å²) in [4.78, 5) is 12.5. The third-order valence-electron chi connectivity index (χ3n) is 3.44. The quantitative estimate of drug-likeness (QED) is 0.810. The van der Waals surface area contributed by atoms with E-state index in [0.29, 0.717) is 17.9 Å². The standard InChI is InChI=1S/C20H25NO3/c1-5-19(24-17-11-9-15(4)10-12-17)20(22)21-16-7-6-8-18(13-16)23-14(2)3/h6-14,19H,5H2,1-4H3,(H,21,22)/t19-/m1/s1. The molecule has 0 spiro atoms. The fourth-order valence-corrected chi connectivity index (χ4v) is 2.25. The molecule has 2 aromatic carbocycles. The average molecular weight is 327 g/mol. The molecule has 24 heavy (non-hydrogen) atoms. The highest BCUT2D eigenvalue weighted by atomic mass is 16.5. The summed E-state index contributed by atoms with van der Waals surface area (Å²) in [6, 6.07) is 15.1. The van der Waals surface area contributed by atoms with Gasteiger partial charge >= 0.3 is 0 Å². The molecule has 0 aliphatic carbocycles. The van der Waals surface area contributed by atoms with E-state index in [1.165, 1.54) is 0 Å². The highest BCUT2D eigenvalue weighted by Crippen LogP contribution is 2.20. The lowest BCUT2D eigenvalue weighted by molar-refractivity contribution is -0.122. The Hall–Kier alpha value is -2.49. The van der Waals surface area contributed by atoms with Gasteiger partial charge in [-0.2, -0.15) is 0 Å². The van der Waals surface area contributed by atoms with Crippen molar-refractivity contribution in [3.05, 3.63) is 54.1 Å². The van der Waals surface area contributed by atoms with E-state index in [0.717, 1.165) is 11.3 Å². The van der Waals surface area contributed by atoms with E-state index in [-0.39, 0.29) is 12.0 Å². The number of hydrogen-bond donors (Lipinski definition) is 1. The maximum atomic E-state index is 12.5. The Labute approximate surface area is 143 Å². The van der Waals surface area contributed by atoms with E-state index < -0.39 is 6.10 Å². The van der Waals surface area contributed by atoms with Gasteiger partial charge in [0, 0.05) is 11.8 Å². The molecule has 0 fully saturated rings. The van der Waals surface area contributed by atoms with Crippen molar-refractivity contribution in [3.63, 3.8) is 0 Å². The molecule has 0 aromatic heterocycles. The Bertz CT molecular complexity index is 665. The predicted molar refractivity (Wildman–Crippen MR) is 96.7 cm³/mol. The first-order valence-electron chi connectivity index (χ1n) is 8.29. The third-order valence-corrected chi connectivity index (χ3v) is 3.44. The summed E-state index contributed by atoms with van der Waals surface area (Å²) >= 11 is 0. The molecule has 4 heteroatoms. The molecule has 0 radical (unpaired) electrons. The molecule has 0 saturated carbocycles. The van der Waals surface area contributed by atoms with Crippen LogP contribution in [0.1, 0.15) is 32.8 Å². The molecule has 2 aromatic rings. The smallest absolute Gasteiger partial charge is 0.265 e. The van der Waals surface area contributed by atoms with Crippen LogP contribution in [0.2, 0.25) is 0 Å². The number of benzene rings is 2. The molecule has 2 rings (SSSR count). The van der Waals surface area contributed by atoms with E-state index in [1.54, 1.807) is 0 Å². The van der Waals surface area contributed by atoms with E-state index in [2.05, 4.69) is 5.32 Å². The number of nitrogens with one attached hydrogen (secondary N) is 1. The monoisotopic (exact) mass is 327 g/mol. The van der Waals surface area contributed by atoms with Crippen LogP contribution in [0.5, 0.6) is 11.5 Å². The number of hydrogen-bond acceptors (Lipinski definition) is 3. The SMILES string of the molecule is CC[C@@H](Oc1ccc(C)cc1)C(=O)Nc1cccc(OC(C)C)c1. The first kappa shape index (κ1) is 17.9. The van der Waals surface area contributed by atoms with Crippen LogP contribution in [0.25, 0.3) is 0 Å². The Balaban J connectivity index is 2.02. The number of carbonyl (C=O) groups is 1. The van der Waals surface area contributed by atoms with Crippen LogP contribution in [0, 0.1) is 6.92 Å². The molecule has 0 bridgehead atoms. The van der Waals surface area contributed by atoms with Crippen molar-refractivity contribution in [2.24, 2.45) is 0 Å². The molecule has 4 nitrogen and oxygen atoms in total. The number of aryl methyl sites for hydroxylation is 1. The van der Waals surface area contributed by atoms with Gasteiger partial charge in [-0.05, 0) is 51.5 Å². The second-order valence-corrected chi connectivity index (χ2v) is 6.01. The fourth-order valence-electron chi connectivity index (χ4n) is 2.25. The summed E-state index contributed by atoms with van der Waals surface area (Å²) in [6.45, 7) is 7.87. The zero-order chi connectivity index (χ0) is 17.5. The fraction of sp³-hybridized carbons (Fsp3) is 0.350. The number of carbonyl (C=O) groups excluding carboxylic acids is 1. The van der Waals surface area contributed by atoms with Crippen LogP contribution in [0.3, 0.4) is 0 Å². The number of ether oxygens (including phenoxy) is 2. The van der Waals surface area contributed by atoms with E-state index >= 15 is 0 Å². The molecule has 0 aliphatic heterocycles. The van der Waals surface area contributed by atoms with Gasteiger partial charge in [0.05, 0.1) is 6.10 Å². The first-order chi connectivity index (χ1) is 11.5. The van der Waals surface area contributed by atoms with Crippen LogP contribution in [0.4, 0.5) is 5.69 Å². The zero-order valence-corrected chi connectivity index (χ0v) is 14.7. The van der Waals surface area contributed by atoms with E-state index in [1.807, 2.05) is 76.2 Å². The van der Waals surface area contributed by atoms with Crippen LogP contribution >= 0.6 is 0 Å². The van der Waals surface area contributed by atoms with Gasteiger partial charge in [0.15, 0.2) is 6.10 Å². The van der Waals surface area contributed by atoms with E-state index in [4.69, 9.17) is 9.47 Å². The number of amides is 1. The van der Waals surface area contributed by atoms with Crippen LogP contribution in [-0.4, -0.2) is 18.1 Å². The maximum absolute atomic E-state index is 12.5. The van der Waals surface area contributed by atoms with Crippen molar-refractivity contribution in [1.82, 2.24) is 0 Å². The normalized spacial score (nSPS) is 11.9. The van der Waals surface area contributed by atoms with Gasteiger partial charge in [-0.3, -0.25) is 4.79 Å². The summed E-state index contributed by atoms with van der Waals surface area (Å²) in [5.74, 6) is 1.26. The summed E-state index contributed by atoms with van der Waals surface area (Å²) in [6.07, 6.45) is 0.133. The maximum Gasteiger partial charge on any atom is 0.265 e. The molecule has 128 valence electrons. The minimum Gasteiger partial charge on any atom is -0.491 e. The van der Waals surface area contributed by atoms with Gasteiger partial charge < -0.3 is 14.8 Å². The molecule has 0 saturated heterocycles. The van der Waals surface area contributed by atoms with Crippen molar-refractivity contribution in [3.8, 4) is 11.5 Å². The van der Waals surface area contributed by atoms with Crippen LogP contribution < -0.4 is 14.8 Å². The van der Waals surface area contributed by atoms with Gasteiger partial charge in [-0.25, -0.2) is 0 Å². The number of anilines is 1. The average Bonchev–Trinajstić information content (AvgIpc) is 2.54. The van der Waals surface area contributed by atoms with E-state index in [9.17, 15) is 4.79 Å². The van der Waals surface area contributed by atoms with Gasteiger partial charge in [-0.15, -0.1) is 0 Å². The first-order valence-corrected chi connectivity index (χ1v) is 8.29. The lowest BCUT2D eigenvalue weighted by Crippen LogP contribution is -2.32. The summed E-state index contributed by atoms with van der Waals surface area (Å²) < 4.78 is 11.5. The molecule has 0 aliphatic rings. The predicted octanol–water partition coefficient (Wildman–Crippen LogP) is 4.58. The minimum absolute atomic E-state index is 0.0872. The summed E-state index contributed by atoms with van der Waals surface area (Å²) in [7, 11) is 0. The second kappa shape index (κ2) is 8.39. The molecule has 1 amide bonds. The Kier molecular flexibility index (Phi) is 6.24. The molecular weight excluding hydrogens is 302 g/mol. The number of rotatable bonds is 7. The van der Waals surface area contributed by atoms with Crippen molar-refractivity contribution in [2.45, 2.75) is 46.3 Å². The van der Waals surface area contributed by atoms with Crippen molar-refractivity contribution in [2.75, 3.05) is 5.32 Å². The van der Waals surface area contributed by atoms with Gasteiger partial charge in [0.25, 0.3) is 5.91 Å². The van der Waals surface area contributed by atoms with Gasteiger partial charge in [0.1, 0.15) is 11.5 Å². The Morgan fingerprint density at radius 1 is 1.04 bits per heavy atom. The molecular formula is C20H25NO3. The lowest BCUT2D eigenvalue weighted by atomic mass is 10.2. The summed E-state index contributed by atoms with van der Waals surface area (Å²) in [5, 5.41) is 2.89. The van der Waals surface area contributed by atoms with Crippen molar-refractivity contribution in [1.29, 1.82) is 0 Å². The van der Waals surface area contributed by atoms with Gasteiger partial charge in [0.2, 0.25) is 0 Å². The zero-order valence-electron chi connectivity index (χ0n) is 14.7. The molecule has 1 N–H and O–H groups in total. The second-order valence-electron chi connectivity index (χ2n) is 6.01. The molecule has 1 atom stereocenters. The third kappa shape index (κ3) is 5.30. The molecule has 0 heterocycles. The Morgan fingerprint density at radius 3 is 2.38 bits per heavy atom. The minimum atomic E-state index is -0.539. The van der Waals surface area contributed by atoms with Crippen LogP contribution in [-0.2, 0) is 4.79 Å². The van der Waals surface area contributed by atoms with Crippen molar-refractivity contribution < 1.29 is 14.3 Å². The van der Waals surface area contributed by atoms with Crippen molar-refractivity contribution >= 4 is 11.6 Å². The summed E-state index contributed by atoms with van der Waals surface area (Å²) in [5.41, 5.74) is 1.85. The van der Waals surface area contributed by atoms with Gasteiger partial charge in [-0.1, -0.05) is 30.7 Å². The lowest BCUT2D eigenvalue weighted by Gasteiger charge is -2.18.